The van der Waals surface area contributed by atoms with E-state index in [1.807, 2.05) is 0 Å². The van der Waals surface area contributed by atoms with Crippen molar-refractivity contribution in [3.63, 3.8) is 0 Å². The number of carbonyl (C=O) groups excluding carboxylic acids is 2. The number of nitrogens with two attached hydrogens (primary N) is 1. The molecule has 12 heteroatoms. The predicted octanol–water partition coefficient (Wildman–Crippen LogP) is 1.34. The molecule has 0 bridgehead atoms. The van der Waals surface area contributed by atoms with Crippen molar-refractivity contribution in [2.75, 3.05) is 14.1 Å². The zero-order valence-electron chi connectivity index (χ0n) is 20.7. The first-order chi connectivity index (χ1) is 17.4. The first-order valence-corrected chi connectivity index (χ1v) is 12.1. The molecule has 2 aliphatic carbocycles. The van der Waals surface area contributed by atoms with E-state index >= 15 is 0 Å². The Morgan fingerprint density at radius 3 is 2.22 bits per heavy atom. The summed E-state index contributed by atoms with van der Waals surface area (Å²) in [5.74, 6) is -2.01. The number of amidine groups is 1. The molecule has 2 spiro atoms. The Labute approximate surface area is 211 Å². The standard InChI is InChI=1S/C25H29FN6O5/c1-29-21(35)25(30(2)22(29)36)12-24(13-25)9-7-16(8-10-24)32-20(34)17(18(27)28)19(33)31(23(32)37)11-14-3-5-15(26)6-4-14/h3-6,16,33H,7-13H2,1-2H3,(H3,27,28). The van der Waals surface area contributed by atoms with Gasteiger partial charge in [0.1, 0.15) is 22.8 Å². The van der Waals surface area contributed by atoms with Gasteiger partial charge in [-0.25, -0.2) is 14.0 Å². The zero-order valence-corrected chi connectivity index (χ0v) is 20.7. The number of aromatic nitrogens is 2. The molecule has 1 aliphatic heterocycles. The molecule has 3 fully saturated rings. The van der Waals surface area contributed by atoms with E-state index in [2.05, 4.69) is 0 Å². The second kappa shape index (κ2) is 8.29. The van der Waals surface area contributed by atoms with Crippen LogP contribution < -0.4 is 17.0 Å². The van der Waals surface area contributed by atoms with Gasteiger partial charge in [0, 0.05) is 20.1 Å². The van der Waals surface area contributed by atoms with Crippen molar-refractivity contribution >= 4 is 17.8 Å². The van der Waals surface area contributed by atoms with Crippen LogP contribution in [-0.4, -0.2) is 61.4 Å². The number of imide groups is 1. The van der Waals surface area contributed by atoms with Crippen molar-refractivity contribution in [2.45, 2.75) is 56.7 Å². The van der Waals surface area contributed by atoms with Gasteiger partial charge in [-0.1, -0.05) is 12.1 Å². The molecule has 11 nitrogen and oxygen atoms in total. The number of rotatable bonds is 4. The summed E-state index contributed by atoms with van der Waals surface area (Å²) in [5.41, 5.74) is 3.13. The Balaban J connectivity index is 1.43. The predicted molar refractivity (Wildman–Crippen MR) is 131 cm³/mol. The lowest BCUT2D eigenvalue weighted by molar-refractivity contribution is -0.148. The molecule has 1 aromatic heterocycles. The van der Waals surface area contributed by atoms with Gasteiger partial charge < -0.3 is 15.7 Å². The zero-order chi connectivity index (χ0) is 26.9. The minimum absolute atomic E-state index is 0.138. The maximum absolute atomic E-state index is 13.4. The SMILES string of the molecule is CN1C(=O)N(C)C2(CC3(CCC(n4c(=O)c(C(=N)N)c(O)n(Cc5ccc(F)cc5)c4=O)CC3)C2)C1=O. The first-order valence-electron chi connectivity index (χ1n) is 12.1. The molecule has 3 aliphatic rings. The van der Waals surface area contributed by atoms with Crippen molar-refractivity contribution in [2.24, 2.45) is 11.1 Å². The van der Waals surface area contributed by atoms with E-state index in [4.69, 9.17) is 11.1 Å². The van der Waals surface area contributed by atoms with Crippen LogP contribution in [0.15, 0.2) is 33.9 Å². The summed E-state index contributed by atoms with van der Waals surface area (Å²) >= 11 is 0. The van der Waals surface area contributed by atoms with Crippen LogP contribution in [-0.2, 0) is 11.3 Å². The van der Waals surface area contributed by atoms with E-state index in [1.165, 1.54) is 36.2 Å². The monoisotopic (exact) mass is 512 g/mol. The van der Waals surface area contributed by atoms with Crippen molar-refractivity contribution in [1.29, 1.82) is 5.41 Å². The number of nitrogens with one attached hydrogen (secondary N) is 1. The van der Waals surface area contributed by atoms with E-state index in [0.29, 0.717) is 44.1 Å². The maximum Gasteiger partial charge on any atom is 0.334 e. The topological polar surface area (TPSA) is 155 Å². The smallest absolute Gasteiger partial charge is 0.334 e. The highest BCUT2D eigenvalue weighted by molar-refractivity contribution is 6.07. The average Bonchev–Trinajstić information content (AvgIpc) is 2.99. The third-order valence-corrected chi connectivity index (χ3v) is 8.51. The first kappa shape index (κ1) is 24.7. The number of halogens is 1. The average molecular weight is 513 g/mol. The quantitative estimate of drug-likeness (QED) is 0.319. The van der Waals surface area contributed by atoms with Crippen LogP contribution in [0.1, 0.15) is 55.7 Å². The van der Waals surface area contributed by atoms with E-state index in [9.17, 15) is 28.7 Å². The van der Waals surface area contributed by atoms with Gasteiger partial charge in [-0.2, -0.15) is 0 Å². The van der Waals surface area contributed by atoms with Crippen LogP contribution in [0.25, 0.3) is 0 Å². The lowest BCUT2D eigenvalue weighted by Gasteiger charge is -2.57. The van der Waals surface area contributed by atoms with Crippen LogP contribution in [0.4, 0.5) is 9.18 Å². The molecule has 5 rings (SSSR count). The van der Waals surface area contributed by atoms with Gasteiger partial charge in [0.05, 0.1) is 6.54 Å². The van der Waals surface area contributed by atoms with E-state index in [0.717, 1.165) is 14.0 Å². The number of nitrogen functional groups attached to an aromatic ring is 1. The van der Waals surface area contributed by atoms with E-state index < -0.39 is 45.9 Å². The third-order valence-electron chi connectivity index (χ3n) is 8.51. The Morgan fingerprint density at radius 1 is 1.11 bits per heavy atom. The fourth-order valence-corrected chi connectivity index (χ4v) is 6.49. The van der Waals surface area contributed by atoms with Gasteiger partial charge in [-0.05, 0) is 61.6 Å². The van der Waals surface area contributed by atoms with Crippen LogP contribution in [0, 0.1) is 16.6 Å². The van der Waals surface area contributed by atoms with Crippen molar-refractivity contribution < 1.29 is 19.1 Å². The lowest BCUT2D eigenvalue weighted by Crippen LogP contribution is -2.63. The molecule has 4 N–H and O–H groups in total. The van der Waals surface area contributed by atoms with Crippen molar-refractivity contribution in [1.82, 2.24) is 18.9 Å². The Morgan fingerprint density at radius 2 is 1.70 bits per heavy atom. The number of urea groups is 1. The fourth-order valence-electron chi connectivity index (χ4n) is 6.49. The highest BCUT2D eigenvalue weighted by atomic mass is 19.1. The third kappa shape index (κ3) is 3.57. The second-order valence-corrected chi connectivity index (χ2v) is 10.6. The number of hydrogen-bond donors (Lipinski definition) is 3. The van der Waals surface area contributed by atoms with Gasteiger partial charge >= 0.3 is 11.7 Å². The Bertz CT molecular complexity index is 1430. The molecular formula is C25H29FN6O5. The molecular weight excluding hydrogens is 483 g/mol. The van der Waals surface area contributed by atoms with Crippen LogP contribution in [0.5, 0.6) is 5.88 Å². The highest BCUT2D eigenvalue weighted by Gasteiger charge is 2.66. The second-order valence-electron chi connectivity index (χ2n) is 10.6. The molecule has 2 saturated carbocycles. The summed E-state index contributed by atoms with van der Waals surface area (Å²) in [7, 11) is 3.13. The summed E-state index contributed by atoms with van der Waals surface area (Å²) in [4.78, 5) is 54.4. The van der Waals surface area contributed by atoms with Crippen molar-refractivity contribution in [3.8, 4) is 5.88 Å². The summed E-state index contributed by atoms with van der Waals surface area (Å²) in [5, 5.41) is 18.5. The highest BCUT2D eigenvalue weighted by Crippen LogP contribution is 2.61. The summed E-state index contributed by atoms with van der Waals surface area (Å²) in [6, 6.07) is 4.57. The molecule has 37 heavy (non-hydrogen) atoms. The molecule has 0 unspecified atom stereocenters. The van der Waals surface area contributed by atoms with Crippen LogP contribution in [0.3, 0.4) is 0 Å². The molecule has 1 saturated heterocycles. The van der Waals surface area contributed by atoms with Gasteiger partial charge in [0.2, 0.25) is 5.88 Å². The summed E-state index contributed by atoms with van der Waals surface area (Å²) in [6.45, 7) is -0.138. The minimum atomic E-state index is -0.825. The number of nitrogens with zero attached hydrogens (tertiary/aromatic N) is 4. The van der Waals surface area contributed by atoms with Gasteiger partial charge in [0.25, 0.3) is 11.5 Å². The van der Waals surface area contributed by atoms with Crippen LogP contribution >= 0.6 is 0 Å². The minimum Gasteiger partial charge on any atom is -0.494 e. The van der Waals surface area contributed by atoms with E-state index in [-0.39, 0.29) is 23.9 Å². The normalized spacial score (nSPS) is 27.3. The van der Waals surface area contributed by atoms with Gasteiger partial charge in [0.15, 0.2) is 0 Å². The fraction of sp³-hybridized carbons (Fsp3) is 0.480. The molecule has 3 amide bonds. The van der Waals surface area contributed by atoms with Gasteiger partial charge in [-0.15, -0.1) is 0 Å². The molecule has 0 radical (unpaired) electrons. The lowest BCUT2D eigenvalue weighted by atomic mass is 9.51. The maximum atomic E-state index is 13.4. The number of hydrogen-bond acceptors (Lipinski definition) is 6. The summed E-state index contributed by atoms with van der Waals surface area (Å²) in [6.07, 6.45) is 3.33. The molecule has 0 atom stereocenters. The molecule has 1 aromatic carbocycles. The molecule has 2 aromatic rings. The Hall–Kier alpha value is -3.96. The van der Waals surface area contributed by atoms with E-state index in [1.54, 1.807) is 7.05 Å². The Kier molecular flexibility index (Phi) is 5.54. The number of amides is 3. The molecule has 196 valence electrons. The molecule has 2 heterocycles. The number of aromatic hydroxyl groups is 1. The number of benzene rings is 1. The number of likely N-dealkylation sites (N-methyl/N-ethyl adjacent to an activating group) is 2. The van der Waals surface area contributed by atoms with Crippen molar-refractivity contribution in [3.05, 3.63) is 62.0 Å². The summed E-state index contributed by atoms with van der Waals surface area (Å²) < 4.78 is 15.4. The largest absolute Gasteiger partial charge is 0.494 e. The number of carbonyl (C=O) groups is 2. The van der Waals surface area contributed by atoms with Gasteiger partial charge in [-0.3, -0.25) is 29.0 Å². The van der Waals surface area contributed by atoms with Crippen LogP contribution in [0.2, 0.25) is 0 Å².